The molecule has 1 atom stereocenters. The number of likely N-dealkylation sites (N-methyl/N-ethyl adjacent to an activating group) is 1. The van der Waals surface area contributed by atoms with Gasteiger partial charge in [-0.15, -0.1) is 0 Å². The standard InChI is InChI=1S/C13H21N3O4/c1-14-5-3-7-16(9-11(14)17)13(20)15-6-2-4-10(8-15)12(18)19/h10H,2-9H2,1H3,(H,18,19)/t10-/m1/s1. The molecule has 0 saturated carbocycles. The summed E-state index contributed by atoms with van der Waals surface area (Å²) >= 11 is 0. The lowest BCUT2D eigenvalue weighted by Gasteiger charge is -2.34. The summed E-state index contributed by atoms with van der Waals surface area (Å²) < 4.78 is 0. The van der Waals surface area contributed by atoms with Gasteiger partial charge >= 0.3 is 12.0 Å². The van der Waals surface area contributed by atoms with E-state index in [1.807, 2.05) is 0 Å². The van der Waals surface area contributed by atoms with Gasteiger partial charge in [0, 0.05) is 33.2 Å². The summed E-state index contributed by atoms with van der Waals surface area (Å²) in [6.07, 6.45) is 2.06. The summed E-state index contributed by atoms with van der Waals surface area (Å²) in [6.45, 7) is 2.10. The molecule has 0 aliphatic carbocycles. The number of nitrogens with zero attached hydrogens (tertiary/aromatic N) is 3. The van der Waals surface area contributed by atoms with E-state index in [2.05, 4.69) is 0 Å². The number of carbonyl (C=O) groups excluding carboxylic acids is 2. The molecule has 0 aromatic rings. The Morgan fingerprint density at radius 1 is 1.15 bits per heavy atom. The number of carboxylic acid groups (broad SMARTS) is 1. The number of amides is 3. The highest BCUT2D eigenvalue weighted by Crippen LogP contribution is 2.18. The van der Waals surface area contributed by atoms with Crippen molar-refractivity contribution in [1.29, 1.82) is 0 Å². The Morgan fingerprint density at radius 3 is 2.55 bits per heavy atom. The largest absolute Gasteiger partial charge is 0.481 e. The third kappa shape index (κ3) is 3.20. The van der Waals surface area contributed by atoms with Crippen LogP contribution in [0.1, 0.15) is 19.3 Å². The third-order valence-electron chi connectivity index (χ3n) is 3.99. The lowest BCUT2D eigenvalue weighted by Crippen LogP contribution is -2.50. The normalized spacial score (nSPS) is 24.6. The highest BCUT2D eigenvalue weighted by Gasteiger charge is 2.32. The van der Waals surface area contributed by atoms with Crippen molar-refractivity contribution in [3.63, 3.8) is 0 Å². The van der Waals surface area contributed by atoms with Gasteiger partial charge in [0.25, 0.3) is 0 Å². The minimum absolute atomic E-state index is 0.0670. The van der Waals surface area contributed by atoms with E-state index < -0.39 is 11.9 Å². The Bertz CT molecular complexity index is 412. The smallest absolute Gasteiger partial charge is 0.320 e. The summed E-state index contributed by atoms with van der Waals surface area (Å²) in [5, 5.41) is 9.06. The number of urea groups is 1. The molecule has 2 aliphatic rings. The predicted molar refractivity (Wildman–Crippen MR) is 71.2 cm³/mol. The number of carbonyl (C=O) groups is 3. The summed E-state index contributed by atoms with van der Waals surface area (Å²) in [4.78, 5) is 40.0. The van der Waals surface area contributed by atoms with Crippen LogP contribution >= 0.6 is 0 Å². The molecule has 0 bridgehead atoms. The van der Waals surface area contributed by atoms with Crippen LogP contribution in [0.3, 0.4) is 0 Å². The van der Waals surface area contributed by atoms with Crippen LogP contribution in [0.2, 0.25) is 0 Å². The van der Waals surface area contributed by atoms with Gasteiger partial charge in [-0.25, -0.2) is 4.79 Å². The van der Waals surface area contributed by atoms with E-state index in [4.69, 9.17) is 5.11 Å². The molecule has 2 rings (SSSR count). The maximum Gasteiger partial charge on any atom is 0.320 e. The van der Waals surface area contributed by atoms with Gasteiger partial charge in [-0.3, -0.25) is 9.59 Å². The second kappa shape index (κ2) is 6.11. The van der Waals surface area contributed by atoms with E-state index in [-0.39, 0.29) is 25.0 Å². The Hall–Kier alpha value is -1.79. The Morgan fingerprint density at radius 2 is 1.85 bits per heavy atom. The van der Waals surface area contributed by atoms with Gasteiger partial charge in [-0.05, 0) is 19.3 Å². The van der Waals surface area contributed by atoms with E-state index in [0.717, 1.165) is 6.42 Å². The Kier molecular flexibility index (Phi) is 4.46. The molecule has 2 aliphatic heterocycles. The summed E-state index contributed by atoms with van der Waals surface area (Å²) in [6, 6.07) is -0.209. The van der Waals surface area contributed by atoms with Crippen LogP contribution in [0, 0.1) is 5.92 Å². The van der Waals surface area contributed by atoms with Gasteiger partial charge in [0.15, 0.2) is 0 Å². The van der Waals surface area contributed by atoms with Gasteiger partial charge in [-0.1, -0.05) is 0 Å². The fourth-order valence-electron chi connectivity index (χ4n) is 2.70. The quantitative estimate of drug-likeness (QED) is 0.738. The van der Waals surface area contributed by atoms with E-state index >= 15 is 0 Å². The van der Waals surface area contributed by atoms with Gasteiger partial charge in [0.2, 0.25) is 5.91 Å². The van der Waals surface area contributed by atoms with Gasteiger partial charge in [0.05, 0.1) is 5.92 Å². The number of likely N-dealkylation sites (tertiary alicyclic amines) is 1. The van der Waals surface area contributed by atoms with Gasteiger partial charge < -0.3 is 19.8 Å². The summed E-state index contributed by atoms with van der Waals surface area (Å²) in [5.74, 6) is -1.41. The molecule has 0 aromatic carbocycles. The summed E-state index contributed by atoms with van der Waals surface area (Å²) in [5.41, 5.74) is 0. The average molecular weight is 283 g/mol. The third-order valence-corrected chi connectivity index (χ3v) is 3.99. The Balaban J connectivity index is 1.99. The van der Waals surface area contributed by atoms with Crippen molar-refractivity contribution >= 4 is 17.9 Å². The molecule has 0 aromatic heterocycles. The molecule has 1 N–H and O–H groups in total. The molecule has 7 heteroatoms. The van der Waals surface area contributed by atoms with Crippen LogP contribution in [0.25, 0.3) is 0 Å². The SMILES string of the molecule is CN1CCCN(C(=O)N2CCC[C@@H](C(=O)O)C2)CC1=O. The van der Waals surface area contributed by atoms with Crippen LogP contribution in [0.15, 0.2) is 0 Å². The van der Waals surface area contributed by atoms with Crippen LogP contribution in [0.5, 0.6) is 0 Å². The first-order chi connectivity index (χ1) is 9.49. The second-order valence-corrected chi connectivity index (χ2v) is 5.50. The molecule has 112 valence electrons. The van der Waals surface area contributed by atoms with E-state index in [9.17, 15) is 14.4 Å². The first-order valence-corrected chi connectivity index (χ1v) is 6.99. The first kappa shape index (κ1) is 14.6. The van der Waals surface area contributed by atoms with Crippen molar-refractivity contribution in [2.45, 2.75) is 19.3 Å². The van der Waals surface area contributed by atoms with Crippen molar-refractivity contribution in [2.24, 2.45) is 5.92 Å². The molecule has 0 radical (unpaired) electrons. The van der Waals surface area contributed by atoms with Gasteiger partial charge in [-0.2, -0.15) is 0 Å². The molecule has 20 heavy (non-hydrogen) atoms. The molecule has 0 unspecified atom stereocenters. The summed E-state index contributed by atoms with van der Waals surface area (Å²) in [7, 11) is 1.73. The molecule has 2 fully saturated rings. The minimum atomic E-state index is -0.853. The molecule has 7 nitrogen and oxygen atoms in total. The highest BCUT2D eigenvalue weighted by atomic mass is 16.4. The minimum Gasteiger partial charge on any atom is -0.481 e. The monoisotopic (exact) mass is 283 g/mol. The number of carboxylic acids is 1. The zero-order valence-electron chi connectivity index (χ0n) is 11.7. The number of hydrogen-bond acceptors (Lipinski definition) is 3. The second-order valence-electron chi connectivity index (χ2n) is 5.50. The maximum absolute atomic E-state index is 12.4. The van der Waals surface area contributed by atoms with Gasteiger partial charge in [0.1, 0.15) is 6.54 Å². The van der Waals surface area contributed by atoms with Crippen molar-refractivity contribution in [3.05, 3.63) is 0 Å². The Labute approximate surface area is 118 Å². The lowest BCUT2D eigenvalue weighted by molar-refractivity contribution is -0.143. The van der Waals surface area contributed by atoms with Crippen molar-refractivity contribution in [2.75, 3.05) is 39.8 Å². The van der Waals surface area contributed by atoms with Crippen molar-refractivity contribution in [3.8, 4) is 0 Å². The van der Waals surface area contributed by atoms with E-state index in [1.165, 1.54) is 4.90 Å². The fourth-order valence-corrected chi connectivity index (χ4v) is 2.70. The number of hydrogen-bond donors (Lipinski definition) is 1. The van der Waals surface area contributed by atoms with E-state index in [1.54, 1.807) is 16.8 Å². The van der Waals surface area contributed by atoms with Crippen LogP contribution in [-0.2, 0) is 9.59 Å². The van der Waals surface area contributed by atoms with E-state index in [0.29, 0.717) is 32.5 Å². The van der Waals surface area contributed by atoms with Crippen LogP contribution in [0.4, 0.5) is 4.79 Å². The van der Waals surface area contributed by atoms with Crippen LogP contribution < -0.4 is 0 Å². The topological polar surface area (TPSA) is 81.2 Å². The molecule has 2 saturated heterocycles. The zero-order chi connectivity index (χ0) is 14.7. The van der Waals surface area contributed by atoms with Crippen molar-refractivity contribution < 1.29 is 19.5 Å². The number of piperidine rings is 1. The molecule has 2 heterocycles. The fraction of sp³-hybridized carbons (Fsp3) is 0.769. The molecular formula is C13H21N3O4. The average Bonchev–Trinajstić information content (AvgIpc) is 2.60. The highest BCUT2D eigenvalue weighted by molar-refractivity contribution is 5.84. The van der Waals surface area contributed by atoms with Crippen LogP contribution in [-0.4, -0.2) is 77.5 Å². The lowest BCUT2D eigenvalue weighted by atomic mass is 9.98. The number of rotatable bonds is 1. The van der Waals surface area contributed by atoms with Crippen molar-refractivity contribution in [1.82, 2.24) is 14.7 Å². The molecule has 0 spiro atoms. The zero-order valence-corrected chi connectivity index (χ0v) is 11.7. The maximum atomic E-state index is 12.4. The number of aliphatic carboxylic acids is 1. The molecular weight excluding hydrogens is 262 g/mol. The predicted octanol–water partition coefficient (Wildman–Crippen LogP) is 0.0671. The molecule has 3 amide bonds. The first-order valence-electron chi connectivity index (χ1n) is 6.99.